The largest absolute Gasteiger partial charge is 0.463 e. The van der Waals surface area contributed by atoms with E-state index in [9.17, 15) is 14.5 Å². The van der Waals surface area contributed by atoms with Crippen LogP contribution in [-0.2, 0) is 23.1 Å². The Labute approximate surface area is 102 Å². The highest BCUT2D eigenvalue weighted by atomic mass is 31.2. The van der Waals surface area contributed by atoms with Gasteiger partial charge in [0.15, 0.2) is 0 Å². The van der Waals surface area contributed by atoms with Crippen molar-refractivity contribution in [3.8, 4) is 0 Å². The highest BCUT2D eigenvalue weighted by Crippen LogP contribution is 2.44. The smallest absolute Gasteiger partial charge is 0.327 e. The van der Waals surface area contributed by atoms with Crippen LogP contribution >= 0.6 is 7.60 Å². The first-order chi connectivity index (χ1) is 7.68. The van der Waals surface area contributed by atoms with Crippen LogP contribution in [0.5, 0.6) is 0 Å². The third kappa shape index (κ3) is 9.30. The highest BCUT2D eigenvalue weighted by Gasteiger charge is 2.27. The fourth-order valence-electron chi connectivity index (χ4n) is 0.849. The Morgan fingerprint density at radius 3 is 2.41 bits per heavy atom. The maximum atomic E-state index is 11.7. The van der Waals surface area contributed by atoms with Crippen LogP contribution < -0.4 is 0 Å². The molecule has 2 atom stereocenters. The molecule has 7 heteroatoms. The SMILES string of the molecule is CCCOP(C)(=O)OC[C@](C)(O)COC(C)=O. The number of carbonyl (C=O) groups excluding carboxylic acids is 1. The van der Waals surface area contributed by atoms with E-state index in [4.69, 9.17) is 9.05 Å². The minimum atomic E-state index is -3.15. The zero-order chi connectivity index (χ0) is 13.5. The number of rotatable bonds is 8. The van der Waals surface area contributed by atoms with Gasteiger partial charge >= 0.3 is 13.6 Å². The molecule has 0 spiro atoms. The van der Waals surface area contributed by atoms with Crippen LogP contribution in [0, 0.1) is 0 Å². The van der Waals surface area contributed by atoms with Crippen molar-refractivity contribution in [2.45, 2.75) is 32.8 Å². The van der Waals surface area contributed by atoms with Crippen molar-refractivity contribution in [3.05, 3.63) is 0 Å². The molecule has 0 fully saturated rings. The third-order valence-electron chi connectivity index (χ3n) is 1.73. The molecule has 0 aliphatic rings. The molecule has 0 aromatic heterocycles. The molecular formula is C10H21O6P. The molecule has 0 aromatic rings. The second-order valence-corrected chi connectivity index (χ2v) is 6.21. The summed E-state index contributed by atoms with van der Waals surface area (Å²) in [6.07, 6.45) is 0.727. The maximum absolute atomic E-state index is 11.7. The molecule has 1 unspecified atom stereocenters. The second kappa shape index (κ2) is 7.11. The second-order valence-electron chi connectivity index (χ2n) is 4.16. The van der Waals surface area contributed by atoms with E-state index < -0.39 is 19.2 Å². The molecule has 0 radical (unpaired) electrons. The van der Waals surface area contributed by atoms with E-state index in [-0.39, 0.29) is 13.2 Å². The molecule has 0 amide bonds. The Kier molecular flexibility index (Phi) is 6.94. The monoisotopic (exact) mass is 268 g/mol. The Hall–Kier alpha value is -0.420. The zero-order valence-corrected chi connectivity index (χ0v) is 11.7. The first kappa shape index (κ1) is 16.6. The molecule has 0 bridgehead atoms. The maximum Gasteiger partial charge on any atom is 0.327 e. The lowest BCUT2D eigenvalue weighted by molar-refractivity contribution is -0.149. The summed E-state index contributed by atoms with van der Waals surface area (Å²) in [4.78, 5) is 10.6. The van der Waals surface area contributed by atoms with E-state index in [1.807, 2.05) is 6.92 Å². The minimum absolute atomic E-state index is 0.212. The van der Waals surface area contributed by atoms with Crippen LogP contribution in [0.25, 0.3) is 0 Å². The fraction of sp³-hybridized carbons (Fsp3) is 0.900. The van der Waals surface area contributed by atoms with Crippen molar-refractivity contribution in [2.75, 3.05) is 26.5 Å². The standard InChI is InChI=1S/C10H21O6P/c1-5-6-15-17(4,13)16-8-10(3,12)7-14-9(2)11/h12H,5-8H2,1-4H3/t10-,17?/m1/s1. The molecular weight excluding hydrogens is 247 g/mol. The van der Waals surface area contributed by atoms with Gasteiger partial charge in [-0.05, 0) is 13.3 Å². The molecule has 0 aliphatic carbocycles. The van der Waals surface area contributed by atoms with E-state index in [1.54, 1.807) is 0 Å². The Balaban J connectivity index is 4.06. The van der Waals surface area contributed by atoms with Gasteiger partial charge in [0.2, 0.25) is 0 Å². The van der Waals surface area contributed by atoms with Gasteiger partial charge in [-0.25, -0.2) is 0 Å². The molecule has 0 aromatic carbocycles. The number of hydrogen-bond donors (Lipinski definition) is 1. The number of carbonyl (C=O) groups is 1. The van der Waals surface area contributed by atoms with Gasteiger partial charge in [0.1, 0.15) is 12.2 Å². The molecule has 0 rings (SSSR count). The van der Waals surface area contributed by atoms with E-state index in [0.29, 0.717) is 6.61 Å². The first-order valence-corrected chi connectivity index (χ1v) is 7.40. The summed E-state index contributed by atoms with van der Waals surface area (Å²) in [6.45, 7) is 5.79. The van der Waals surface area contributed by atoms with E-state index >= 15 is 0 Å². The highest BCUT2D eigenvalue weighted by molar-refractivity contribution is 7.52. The van der Waals surface area contributed by atoms with Gasteiger partial charge < -0.3 is 18.9 Å². The minimum Gasteiger partial charge on any atom is -0.463 e. The van der Waals surface area contributed by atoms with Gasteiger partial charge in [-0.1, -0.05) is 6.92 Å². The quantitative estimate of drug-likeness (QED) is 0.531. The molecule has 0 aliphatic heterocycles. The summed E-state index contributed by atoms with van der Waals surface area (Å²) < 4.78 is 26.4. The normalized spacial score (nSPS) is 18.2. The van der Waals surface area contributed by atoms with Gasteiger partial charge in [-0.2, -0.15) is 0 Å². The number of esters is 1. The van der Waals surface area contributed by atoms with Crippen molar-refractivity contribution >= 4 is 13.6 Å². The van der Waals surface area contributed by atoms with Gasteiger partial charge in [0.05, 0.1) is 13.2 Å². The number of aliphatic hydroxyl groups is 1. The van der Waals surface area contributed by atoms with Crippen LogP contribution in [0.2, 0.25) is 0 Å². The average Bonchev–Trinajstić information content (AvgIpc) is 2.22. The topological polar surface area (TPSA) is 82.1 Å². The van der Waals surface area contributed by atoms with Gasteiger partial charge in [0.25, 0.3) is 0 Å². The number of hydrogen-bond acceptors (Lipinski definition) is 6. The van der Waals surface area contributed by atoms with Crippen LogP contribution in [0.15, 0.2) is 0 Å². The predicted octanol–water partition coefficient (Wildman–Crippen LogP) is 1.57. The van der Waals surface area contributed by atoms with Crippen molar-refractivity contribution in [1.82, 2.24) is 0 Å². The molecule has 0 heterocycles. The van der Waals surface area contributed by atoms with Crippen LogP contribution in [0.1, 0.15) is 27.2 Å². The summed E-state index contributed by atoms with van der Waals surface area (Å²) in [5.41, 5.74) is -1.38. The van der Waals surface area contributed by atoms with E-state index in [1.165, 1.54) is 20.5 Å². The molecule has 6 nitrogen and oxygen atoms in total. The van der Waals surface area contributed by atoms with E-state index in [0.717, 1.165) is 6.42 Å². The summed E-state index contributed by atoms with van der Waals surface area (Å²) >= 11 is 0. The van der Waals surface area contributed by atoms with Crippen molar-refractivity contribution in [1.29, 1.82) is 0 Å². The van der Waals surface area contributed by atoms with Gasteiger partial charge in [-0.3, -0.25) is 9.36 Å². The average molecular weight is 268 g/mol. The summed E-state index contributed by atoms with van der Waals surface area (Å²) in [5, 5.41) is 9.77. The van der Waals surface area contributed by atoms with E-state index in [2.05, 4.69) is 4.74 Å². The van der Waals surface area contributed by atoms with Crippen LogP contribution in [0.4, 0.5) is 0 Å². The van der Waals surface area contributed by atoms with Crippen LogP contribution in [0.3, 0.4) is 0 Å². The summed E-state index contributed by atoms with van der Waals surface area (Å²) in [7, 11) is -3.15. The van der Waals surface area contributed by atoms with Crippen molar-refractivity contribution in [3.63, 3.8) is 0 Å². The fourth-order valence-corrected chi connectivity index (χ4v) is 1.95. The Morgan fingerprint density at radius 1 is 1.35 bits per heavy atom. The van der Waals surface area contributed by atoms with Gasteiger partial charge in [-0.15, -0.1) is 0 Å². The summed E-state index contributed by atoms with van der Waals surface area (Å²) in [6, 6.07) is 0. The molecule has 1 N–H and O–H groups in total. The van der Waals surface area contributed by atoms with Crippen molar-refractivity contribution < 1.29 is 28.3 Å². The summed E-state index contributed by atoms with van der Waals surface area (Å²) in [5.74, 6) is -0.493. The van der Waals surface area contributed by atoms with Gasteiger partial charge in [0, 0.05) is 13.6 Å². The lowest BCUT2D eigenvalue weighted by Gasteiger charge is -2.24. The lowest BCUT2D eigenvalue weighted by atomic mass is 10.1. The molecule has 0 saturated carbocycles. The molecule has 102 valence electrons. The molecule has 17 heavy (non-hydrogen) atoms. The number of ether oxygens (including phenoxy) is 1. The van der Waals surface area contributed by atoms with Crippen LogP contribution in [-0.4, -0.2) is 43.2 Å². The Bertz CT molecular complexity index is 289. The third-order valence-corrected chi connectivity index (χ3v) is 2.98. The Morgan fingerprint density at radius 2 is 1.94 bits per heavy atom. The lowest BCUT2D eigenvalue weighted by Crippen LogP contribution is -2.36. The first-order valence-electron chi connectivity index (χ1n) is 5.41. The molecule has 0 saturated heterocycles. The zero-order valence-electron chi connectivity index (χ0n) is 10.8. The predicted molar refractivity (Wildman–Crippen MR) is 63.0 cm³/mol. The van der Waals surface area contributed by atoms with Crippen molar-refractivity contribution in [2.24, 2.45) is 0 Å².